The molecule has 0 atom stereocenters. The van der Waals surface area contributed by atoms with E-state index in [-0.39, 0.29) is 5.82 Å². The second kappa shape index (κ2) is 4.96. The summed E-state index contributed by atoms with van der Waals surface area (Å²) >= 11 is 0. The van der Waals surface area contributed by atoms with Gasteiger partial charge in [0.05, 0.1) is 18.5 Å². The molecule has 3 N–H and O–H groups in total. The van der Waals surface area contributed by atoms with Gasteiger partial charge in [0.2, 0.25) is 0 Å². The summed E-state index contributed by atoms with van der Waals surface area (Å²) in [7, 11) is 3.31. The lowest BCUT2D eigenvalue weighted by molar-refractivity contribution is 0.415. The van der Waals surface area contributed by atoms with Gasteiger partial charge in [0.1, 0.15) is 11.6 Å². The van der Waals surface area contributed by atoms with E-state index in [1.54, 1.807) is 44.5 Å². The zero-order chi connectivity index (χ0) is 13.1. The Bertz CT molecular complexity index is 552. The van der Waals surface area contributed by atoms with Crippen LogP contribution in [-0.4, -0.2) is 14.2 Å². The van der Waals surface area contributed by atoms with Gasteiger partial charge in [0, 0.05) is 12.6 Å². The van der Waals surface area contributed by atoms with E-state index in [9.17, 15) is 4.39 Å². The van der Waals surface area contributed by atoms with Gasteiger partial charge in [-0.15, -0.1) is 0 Å². The van der Waals surface area contributed by atoms with Crippen LogP contribution in [0.4, 0.5) is 15.8 Å². The highest BCUT2D eigenvalue weighted by atomic mass is 19.1. The van der Waals surface area contributed by atoms with Crippen LogP contribution in [0, 0.1) is 5.82 Å². The molecule has 3 nitrogen and oxygen atoms in total. The summed E-state index contributed by atoms with van der Waals surface area (Å²) in [5.74, 6) is 0.424. The topological polar surface area (TPSA) is 47.3 Å². The highest BCUT2D eigenvalue weighted by molar-refractivity contribution is 5.86. The van der Waals surface area contributed by atoms with E-state index in [2.05, 4.69) is 5.32 Å². The molecule has 4 heteroatoms. The summed E-state index contributed by atoms with van der Waals surface area (Å²) in [4.78, 5) is 0. The van der Waals surface area contributed by atoms with E-state index in [0.717, 1.165) is 11.3 Å². The van der Waals surface area contributed by atoms with Crippen LogP contribution in [0.2, 0.25) is 0 Å². The predicted molar refractivity (Wildman–Crippen MR) is 72.3 cm³/mol. The van der Waals surface area contributed by atoms with E-state index < -0.39 is 0 Å². The van der Waals surface area contributed by atoms with Gasteiger partial charge in [-0.25, -0.2) is 4.39 Å². The van der Waals surface area contributed by atoms with E-state index in [1.807, 2.05) is 0 Å². The van der Waals surface area contributed by atoms with E-state index >= 15 is 0 Å². The third-order valence-corrected chi connectivity index (χ3v) is 2.82. The SMILES string of the molecule is CNc1c(N)ccc(F)c1-c1ccc(OC)cc1. The van der Waals surface area contributed by atoms with Gasteiger partial charge in [0.25, 0.3) is 0 Å². The normalized spacial score (nSPS) is 10.2. The van der Waals surface area contributed by atoms with Crippen LogP contribution < -0.4 is 15.8 Å². The monoisotopic (exact) mass is 246 g/mol. The number of benzene rings is 2. The number of nitrogens with one attached hydrogen (secondary N) is 1. The van der Waals surface area contributed by atoms with Crippen LogP contribution in [0.5, 0.6) is 5.75 Å². The molecule has 0 amide bonds. The lowest BCUT2D eigenvalue weighted by Gasteiger charge is -2.13. The van der Waals surface area contributed by atoms with E-state index in [4.69, 9.17) is 10.5 Å². The predicted octanol–water partition coefficient (Wildman–Crippen LogP) is 3.13. The summed E-state index contributed by atoms with van der Waals surface area (Å²) in [6, 6.07) is 10.1. The molecule has 2 aromatic rings. The number of hydrogen-bond acceptors (Lipinski definition) is 3. The second-order valence-electron chi connectivity index (χ2n) is 3.87. The number of rotatable bonds is 3. The Labute approximate surface area is 105 Å². The number of halogens is 1. The molecule has 94 valence electrons. The summed E-state index contributed by atoms with van der Waals surface area (Å²) in [6.07, 6.45) is 0. The van der Waals surface area contributed by atoms with Crippen molar-refractivity contribution in [2.45, 2.75) is 0 Å². The van der Waals surface area contributed by atoms with Crippen LogP contribution in [-0.2, 0) is 0 Å². The van der Waals surface area contributed by atoms with Crippen molar-refractivity contribution in [3.63, 3.8) is 0 Å². The molecule has 0 saturated heterocycles. The van der Waals surface area contributed by atoms with Crippen molar-refractivity contribution in [3.05, 3.63) is 42.2 Å². The molecular formula is C14H15FN2O. The van der Waals surface area contributed by atoms with Crippen LogP contribution >= 0.6 is 0 Å². The van der Waals surface area contributed by atoms with Crippen molar-refractivity contribution in [3.8, 4) is 16.9 Å². The molecule has 18 heavy (non-hydrogen) atoms. The van der Waals surface area contributed by atoms with Crippen molar-refractivity contribution in [1.82, 2.24) is 0 Å². The largest absolute Gasteiger partial charge is 0.497 e. The first-order chi connectivity index (χ1) is 8.67. The van der Waals surface area contributed by atoms with Gasteiger partial charge in [0.15, 0.2) is 0 Å². The average Bonchev–Trinajstić information content (AvgIpc) is 2.41. The Morgan fingerprint density at radius 1 is 1.11 bits per heavy atom. The molecule has 0 bridgehead atoms. The Hall–Kier alpha value is -2.23. The quantitative estimate of drug-likeness (QED) is 0.818. The molecule has 0 spiro atoms. The first-order valence-corrected chi connectivity index (χ1v) is 5.57. The molecule has 0 saturated carbocycles. The van der Waals surface area contributed by atoms with Gasteiger partial charge in [-0.3, -0.25) is 0 Å². The van der Waals surface area contributed by atoms with Crippen molar-refractivity contribution in [2.75, 3.05) is 25.2 Å². The maximum Gasteiger partial charge on any atom is 0.133 e. The minimum atomic E-state index is -0.307. The molecule has 2 rings (SSSR count). The highest BCUT2D eigenvalue weighted by Gasteiger charge is 2.13. The molecule has 0 aliphatic heterocycles. The van der Waals surface area contributed by atoms with Crippen LogP contribution in [0.15, 0.2) is 36.4 Å². The number of hydrogen-bond donors (Lipinski definition) is 2. The number of anilines is 2. The summed E-state index contributed by atoms with van der Waals surface area (Å²) in [5, 5.41) is 2.94. The minimum Gasteiger partial charge on any atom is -0.497 e. The molecule has 0 aliphatic carbocycles. The molecule has 0 fully saturated rings. The zero-order valence-electron chi connectivity index (χ0n) is 10.3. The Morgan fingerprint density at radius 3 is 2.33 bits per heavy atom. The van der Waals surface area contributed by atoms with Gasteiger partial charge in [-0.2, -0.15) is 0 Å². The summed E-state index contributed by atoms with van der Waals surface area (Å²) in [6.45, 7) is 0. The van der Waals surface area contributed by atoms with Crippen molar-refractivity contribution < 1.29 is 9.13 Å². The minimum absolute atomic E-state index is 0.307. The molecule has 0 aliphatic rings. The summed E-state index contributed by atoms with van der Waals surface area (Å²) < 4.78 is 19.0. The van der Waals surface area contributed by atoms with Gasteiger partial charge in [-0.05, 0) is 29.8 Å². The first kappa shape index (κ1) is 12.2. The van der Waals surface area contributed by atoms with E-state index in [1.165, 1.54) is 6.07 Å². The van der Waals surface area contributed by atoms with Crippen LogP contribution in [0.25, 0.3) is 11.1 Å². The Kier molecular flexibility index (Phi) is 3.37. The number of nitrogens with two attached hydrogens (primary N) is 1. The molecule has 0 radical (unpaired) electrons. The lowest BCUT2D eigenvalue weighted by atomic mass is 10.0. The molecule has 0 aromatic heterocycles. The van der Waals surface area contributed by atoms with Crippen molar-refractivity contribution >= 4 is 11.4 Å². The van der Waals surface area contributed by atoms with Crippen LogP contribution in [0.1, 0.15) is 0 Å². The molecule has 0 unspecified atom stereocenters. The third-order valence-electron chi connectivity index (χ3n) is 2.82. The smallest absolute Gasteiger partial charge is 0.133 e. The maximum absolute atomic E-state index is 14.0. The lowest BCUT2D eigenvalue weighted by Crippen LogP contribution is -2.00. The maximum atomic E-state index is 14.0. The van der Waals surface area contributed by atoms with Gasteiger partial charge < -0.3 is 15.8 Å². The number of ether oxygens (including phenoxy) is 1. The van der Waals surface area contributed by atoms with Gasteiger partial charge >= 0.3 is 0 Å². The standard InChI is InChI=1S/C14H15FN2O/c1-17-14-12(16)8-7-11(15)13(14)9-3-5-10(18-2)6-4-9/h3-8,17H,16H2,1-2H3. The first-order valence-electron chi connectivity index (χ1n) is 5.57. The highest BCUT2D eigenvalue weighted by Crippen LogP contribution is 2.35. The second-order valence-corrected chi connectivity index (χ2v) is 3.87. The fraction of sp³-hybridized carbons (Fsp3) is 0.143. The summed E-state index contributed by atoms with van der Waals surface area (Å²) in [5.41, 5.74) is 8.18. The molecular weight excluding hydrogens is 231 g/mol. The average molecular weight is 246 g/mol. The van der Waals surface area contributed by atoms with Gasteiger partial charge in [-0.1, -0.05) is 12.1 Å². The number of methoxy groups -OCH3 is 1. The fourth-order valence-electron chi connectivity index (χ4n) is 1.90. The van der Waals surface area contributed by atoms with Crippen LogP contribution in [0.3, 0.4) is 0 Å². The Balaban J connectivity index is 2.58. The zero-order valence-corrected chi connectivity index (χ0v) is 10.3. The van der Waals surface area contributed by atoms with Crippen molar-refractivity contribution in [2.24, 2.45) is 0 Å². The molecule has 0 heterocycles. The number of nitrogen functional groups attached to an aromatic ring is 1. The van der Waals surface area contributed by atoms with E-state index in [0.29, 0.717) is 16.9 Å². The fourth-order valence-corrected chi connectivity index (χ4v) is 1.90. The molecule has 2 aromatic carbocycles. The third kappa shape index (κ3) is 2.09. The van der Waals surface area contributed by atoms with Crippen molar-refractivity contribution in [1.29, 1.82) is 0 Å². The Morgan fingerprint density at radius 2 is 1.78 bits per heavy atom.